The second-order valence-corrected chi connectivity index (χ2v) is 4.90. The molecule has 0 radical (unpaired) electrons. The lowest BCUT2D eigenvalue weighted by atomic mass is 10.1. The Morgan fingerprint density at radius 3 is 2.92 bits per heavy atom. The van der Waals surface area contributed by atoms with Crippen LogP contribution in [0.25, 0.3) is 10.1 Å². The van der Waals surface area contributed by atoms with Gasteiger partial charge in [0.1, 0.15) is 0 Å². The Bertz CT molecular complexity index is 445. The van der Waals surface area contributed by atoms with Crippen LogP contribution in [0.15, 0.2) is 22.4 Å². The van der Waals surface area contributed by atoms with Gasteiger partial charge in [-0.1, -0.05) is 28.1 Å². The highest BCUT2D eigenvalue weighted by Crippen LogP contribution is 2.33. The number of hydrogen-bond donors (Lipinski definition) is 1. The van der Waals surface area contributed by atoms with Gasteiger partial charge in [0, 0.05) is 25.7 Å². The minimum absolute atomic E-state index is 0.925. The van der Waals surface area contributed by atoms with E-state index in [9.17, 15) is 0 Å². The average Bonchev–Trinajstić information content (AvgIpc) is 2.50. The molecule has 0 saturated heterocycles. The van der Waals surface area contributed by atoms with E-state index in [4.69, 9.17) is 0 Å². The largest absolute Gasteiger partial charge is 0.142 e. The van der Waals surface area contributed by atoms with Crippen molar-refractivity contribution in [3.8, 4) is 0 Å². The van der Waals surface area contributed by atoms with Crippen molar-refractivity contribution in [2.45, 2.75) is 17.1 Å². The first-order valence-electron chi connectivity index (χ1n) is 3.98. The smallest absolute Gasteiger partial charge is 0.0386 e. The monoisotopic (exact) mass is 272 g/mol. The first-order valence-corrected chi connectivity index (χ1v) is 6.43. The lowest BCUT2D eigenvalue weighted by Crippen LogP contribution is -1.83. The zero-order chi connectivity index (χ0) is 9.42. The van der Waals surface area contributed by atoms with Gasteiger partial charge < -0.3 is 0 Å². The van der Waals surface area contributed by atoms with E-state index >= 15 is 0 Å². The van der Waals surface area contributed by atoms with Crippen molar-refractivity contribution >= 4 is 50.0 Å². The second kappa shape index (κ2) is 3.64. The number of halogens is 1. The Balaban J connectivity index is 2.80. The van der Waals surface area contributed by atoms with Gasteiger partial charge >= 0.3 is 0 Å². The molecule has 0 bridgehead atoms. The summed E-state index contributed by atoms with van der Waals surface area (Å²) in [6, 6.07) is 4.32. The molecule has 0 aliphatic heterocycles. The number of thiophene rings is 1. The quantitative estimate of drug-likeness (QED) is 0.578. The normalized spacial score (nSPS) is 11.0. The van der Waals surface area contributed by atoms with Crippen LogP contribution in [-0.2, 0) is 5.33 Å². The molecule has 0 N–H and O–H groups in total. The zero-order valence-electron chi connectivity index (χ0n) is 7.17. The molecule has 1 aromatic heterocycles. The molecular formula is C10H9BrS2. The Hall–Kier alpha value is 0.01000. The second-order valence-electron chi connectivity index (χ2n) is 2.98. The molecule has 0 unspecified atom stereocenters. The summed E-state index contributed by atoms with van der Waals surface area (Å²) in [5.74, 6) is 0. The van der Waals surface area contributed by atoms with E-state index in [-0.39, 0.29) is 0 Å². The van der Waals surface area contributed by atoms with Crippen molar-refractivity contribution in [1.82, 2.24) is 0 Å². The minimum atomic E-state index is 0.925. The highest BCUT2D eigenvalue weighted by molar-refractivity contribution is 9.08. The predicted octanol–water partition coefficient (Wildman–Crippen LogP) is 4.39. The van der Waals surface area contributed by atoms with Crippen LogP contribution in [0.3, 0.4) is 0 Å². The number of alkyl halides is 1. The van der Waals surface area contributed by atoms with E-state index in [1.165, 1.54) is 21.2 Å². The Kier molecular flexibility index (Phi) is 2.67. The summed E-state index contributed by atoms with van der Waals surface area (Å²) >= 11 is 9.67. The van der Waals surface area contributed by atoms with Crippen molar-refractivity contribution in [2.75, 3.05) is 0 Å². The molecule has 0 nitrogen and oxygen atoms in total. The maximum absolute atomic E-state index is 4.41. The molecule has 68 valence electrons. The van der Waals surface area contributed by atoms with Crippen molar-refractivity contribution in [1.29, 1.82) is 0 Å². The summed E-state index contributed by atoms with van der Waals surface area (Å²) in [5.41, 5.74) is 2.74. The minimum Gasteiger partial charge on any atom is -0.142 e. The van der Waals surface area contributed by atoms with Gasteiger partial charge in [0.05, 0.1) is 0 Å². The summed E-state index contributed by atoms with van der Waals surface area (Å²) in [7, 11) is 0. The van der Waals surface area contributed by atoms with Crippen molar-refractivity contribution in [3.63, 3.8) is 0 Å². The maximum Gasteiger partial charge on any atom is 0.0386 e. The molecule has 2 aromatic rings. The molecule has 0 spiro atoms. The zero-order valence-corrected chi connectivity index (χ0v) is 10.5. The van der Waals surface area contributed by atoms with Crippen LogP contribution in [0, 0.1) is 6.92 Å². The summed E-state index contributed by atoms with van der Waals surface area (Å²) in [4.78, 5) is 1.09. The van der Waals surface area contributed by atoms with Crippen molar-refractivity contribution in [3.05, 3.63) is 28.6 Å². The van der Waals surface area contributed by atoms with E-state index in [1.807, 2.05) is 0 Å². The molecule has 1 aromatic carbocycles. The molecule has 0 saturated carbocycles. The first kappa shape index (κ1) is 9.56. The third kappa shape index (κ3) is 1.53. The highest BCUT2D eigenvalue weighted by atomic mass is 79.9. The number of hydrogen-bond acceptors (Lipinski definition) is 2. The summed E-state index contributed by atoms with van der Waals surface area (Å²) in [6.07, 6.45) is 0. The van der Waals surface area contributed by atoms with Gasteiger partial charge in [0.2, 0.25) is 0 Å². The summed E-state index contributed by atoms with van der Waals surface area (Å²) in [6.45, 7) is 2.17. The number of fused-ring (bicyclic) bond motifs is 1. The van der Waals surface area contributed by atoms with Gasteiger partial charge in [-0.25, -0.2) is 0 Å². The topological polar surface area (TPSA) is 0 Å². The van der Waals surface area contributed by atoms with E-state index in [0.717, 1.165) is 10.2 Å². The fraction of sp³-hybridized carbons (Fsp3) is 0.200. The molecule has 0 fully saturated rings. The van der Waals surface area contributed by atoms with Gasteiger partial charge in [-0.2, -0.15) is 0 Å². The number of aryl methyl sites for hydroxylation is 1. The molecule has 2 rings (SSSR count). The van der Waals surface area contributed by atoms with Crippen LogP contribution in [0.4, 0.5) is 0 Å². The molecule has 3 heteroatoms. The number of thiol groups is 1. The van der Waals surface area contributed by atoms with Gasteiger partial charge in [0.25, 0.3) is 0 Å². The lowest BCUT2D eigenvalue weighted by molar-refractivity contribution is 1.36. The predicted molar refractivity (Wildman–Crippen MR) is 66.4 cm³/mol. The number of benzene rings is 1. The van der Waals surface area contributed by atoms with E-state index in [2.05, 4.69) is 53.0 Å². The Labute approximate surface area is 95.5 Å². The van der Waals surface area contributed by atoms with Crippen LogP contribution in [0.2, 0.25) is 0 Å². The summed E-state index contributed by atoms with van der Waals surface area (Å²) in [5, 5.41) is 4.29. The van der Waals surface area contributed by atoms with Crippen LogP contribution < -0.4 is 0 Å². The highest BCUT2D eigenvalue weighted by Gasteiger charge is 2.06. The first-order chi connectivity index (χ1) is 6.24. The van der Waals surface area contributed by atoms with Crippen LogP contribution in [-0.4, -0.2) is 0 Å². The van der Waals surface area contributed by atoms with Gasteiger partial charge in [-0.05, 0) is 18.1 Å². The lowest BCUT2D eigenvalue weighted by Gasteiger charge is -2.02. The SMILES string of the molecule is Cc1c(CBr)ccc2c(S)csc12. The molecule has 1 heterocycles. The molecule has 0 aliphatic carbocycles. The van der Waals surface area contributed by atoms with Gasteiger partial charge in [0.15, 0.2) is 0 Å². The molecular weight excluding hydrogens is 264 g/mol. The Morgan fingerprint density at radius 2 is 2.23 bits per heavy atom. The molecule has 13 heavy (non-hydrogen) atoms. The van der Waals surface area contributed by atoms with Gasteiger partial charge in [-0.3, -0.25) is 0 Å². The molecule has 0 aliphatic rings. The fourth-order valence-electron chi connectivity index (χ4n) is 1.41. The van der Waals surface area contributed by atoms with Crippen molar-refractivity contribution in [2.24, 2.45) is 0 Å². The van der Waals surface area contributed by atoms with E-state index in [1.54, 1.807) is 11.3 Å². The average molecular weight is 273 g/mol. The summed E-state index contributed by atoms with van der Waals surface area (Å²) < 4.78 is 1.36. The fourth-order valence-corrected chi connectivity index (χ4v) is 3.41. The van der Waals surface area contributed by atoms with Crippen LogP contribution >= 0.6 is 39.9 Å². The third-order valence-corrected chi connectivity index (χ3v) is 4.49. The van der Waals surface area contributed by atoms with Crippen LogP contribution in [0.1, 0.15) is 11.1 Å². The molecule has 0 atom stereocenters. The molecule has 0 amide bonds. The maximum atomic E-state index is 4.41. The standard InChI is InChI=1S/C10H9BrS2/c1-6-7(4-11)2-3-8-9(12)5-13-10(6)8/h2-3,5,12H,4H2,1H3. The van der Waals surface area contributed by atoms with E-state index < -0.39 is 0 Å². The Morgan fingerprint density at radius 1 is 1.46 bits per heavy atom. The van der Waals surface area contributed by atoms with Crippen LogP contribution in [0.5, 0.6) is 0 Å². The number of rotatable bonds is 1. The van der Waals surface area contributed by atoms with Gasteiger partial charge in [-0.15, -0.1) is 24.0 Å². The van der Waals surface area contributed by atoms with Crippen molar-refractivity contribution < 1.29 is 0 Å². The van der Waals surface area contributed by atoms with E-state index in [0.29, 0.717) is 0 Å². The third-order valence-electron chi connectivity index (χ3n) is 2.23.